The minimum atomic E-state index is 0.117. The number of methoxy groups -OCH3 is 1. The van der Waals surface area contributed by atoms with Crippen molar-refractivity contribution in [3.05, 3.63) is 72.1 Å². The smallest absolute Gasteiger partial charge is 0.214 e. The van der Waals surface area contributed by atoms with Crippen LogP contribution in [0.3, 0.4) is 0 Å². The first kappa shape index (κ1) is 18.6. The number of tetrazole rings is 1. The summed E-state index contributed by atoms with van der Waals surface area (Å²) in [5.41, 5.74) is 2.54. The Bertz CT molecular complexity index is 846. The van der Waals surface area contributed by atoms with E-state index in [0.717, 1.165) is 32.0 Å². The summed E-state index contributed by atoms with van der Waals surface area (Å²) in [5, 5.41) is 12.6. The van der Waals surface area contributed by atoms with Crippen molar-refractivity contribution in [3.63, 3.8) is 0 Å². The van der Waals surface area contributed by atoms with Gasteiger partial charge in [0.05, 0.1) is 39.3 Å². The Hall–Kier alpha value is -2.77. The number of nitrogens with one attached hydrogen (secondary N) is 1. The number of aromatic nitrogens is 4. The largest absolute Gasteiger partial charge is 0.383 e. The SMILES string of the molecule is COCCn1nnnc1[C@H](c1ccccc1)[NH+]1CCN(c2ccccc2)CC1. The van der Waals surface area contributed by atoms with E-state index in [1.165, 1.54) is 16.2 Å². The van der Waals surface area contributed by atoms with Gasteiger partial charge in [0.25, 0.3) is 0 Å². The molecule has 0 aliphatic carbocycles. The number of hydrogen-bond acceptors (Lipinski definition) is 5. The highest BCUT2D eigenvalue weighted by molar-refractivity contribution is 5.46. The van der Waals surface area contributed by atoms with E-state index in [9.17, 15) is 0 Å². The fourth-order valence-corrected chi connectivity index (χ4v) is 3.95. The molecule has 28 heavy (non-hydrogen) atoms. The van der Waals surface area contributed by atoms with Gasteiger partial charge in [0.2, 0.25) is 5.82 Å². The van der Waals surface area contributed by atoms with Crippen LogP contribution < -0.4 is 9.80 Å². The molecule has 146 valence electrons. The van der Waals surface area contributed by atoms with Crippen molar-refractivity contribution in [2.75, 3.05) is 44.8 Å². The van der Waals surface area contributed by atoms with Crippen molar-refractivity contribution < 1.29 is 9.64 Å². The first-order valence-corrected chi connectivity index (χ1v) is 9.81. The fraction of sp³-hybridized carbons (Fsp3) is 0.381. The topological polar surface area (TPSA) is 60.5 Å². The highest BCUT2D eigenvalue weighted by Gasteiger charge is 2.34. The van der Waals surface area contributed by atoms with Crippen molar-refractivity contribution in [1.82, 2.24) is 20.2 Å². The van der Waals surface area contributed by atoms with E-state index in [4.69, 9.17) is 4.74 Å². The second-order valence-corrected chi connectivity index (χ2v) is 7.08. The monoisotopic (exact) mass is 379 g/mol. The third-order valence-electron chi connectivity index (χ3n) is 5.39. The first-order valence-electron chi connectivity index (χ1n) is 9.81. The van der Waals surface area contributed by atoms with Gasteiger partial charge in [-0.2, -0.15) is 0 Å². The Morgan fingerprint density at radius 3 is 2.36 bits per heavy atom. The quantitative estimate of drug-likeness (QED) is 0.659. The minimum absolute atomic E-state index is 0.117. The van der Waals surface area contributed by atoms with E-state index in [1.807, 2.05) is 4.68 Å². The van der Waals surface area contributed by atoms with E-state index in [2.05, 4.69) is 81.1 Å². The maximum atomic E-state index is 5.23. The Balaban J connectivity index is 1.57. The van der Waals surface area contributed by atoms with Gasteiger partial charge in [-0.1, -0.05) is 48.5 Å². The number of hydrogen-bond donors (Lipinski definition) is 1. The van der Waals surface area contributed by atoms with Crippen LogP contribution in [0, 0.1) is 0 Å². The molecule has 2 aromatic carbocycles. The van der Waals surface area contributed by atoms with Crippen LogP contribution in [-0.2, 0) is 11.3 Å². The van der Waals surface area contributed by atoms with Gasteiger partial charge >= 0.3 is 0 Å². The maximum Gasteiger partial charge on any atom is 0.214 e. The number of quaternary nitrogens is 1. The number of piperazine rings is 1. The second-order valence-electron chi connectivity index (χ2n) is 7.08. The summed E-state index contributed by atoms with van der Waals surface area (Å²) in [6, 6.07) is 21.3. The Kier molecular flexibility index (Phi) is 5.94. The zero-order valence-electron chi connectivity index (χ0n) is 16.2. The van der Waals surface area contributed by atoms with E-state index >= 15 is 0 Å². The number of nitrogens with zero attached hydrogens (tertiary/aromatic N) is 5. The molecule has 4 rings (SSSR count). The van der Waals surface area contributed by atoms with Crippen molar-refractivity contribution >= 4 is 5.69 Å². The van der Waals surface area contributed by atoms with E-state index in [0.29, 0.717) is 13.2 Å². The molecule has 1 aliphatic heterocycles. The normalized spacial score (nSPS) is 16.2. The third kappa shape index (κ3) is 4.05. The molecule has 0 unspecified atom stereocenters. The number of para-hydroxylation sites is 1. The predicted molar refractivity (Wildman–Crippen MR) is 107 cm³/mol. The number of anilines is 1. The van der Waals surface area contributed by atoms with Crippen molar-refractivity contribution in [2.45, 2.75) is 12.6 Å². The molecule has 1 N–H and O–H groups in total. The zero-order valence-corrected chi connectivity index (χ0v) is 16.2. The van der Waals surface area contributed by atoms with Gasteiger partial charge in [0.15, 0.2) is 6.04 Å². The van der Waals surface area contributed by atoms with Gasteiger partial charge in [-0.3, -0.25) is 0 Å². The molecule has 0 bridgehead atoms. The number of rotatable bonds is 7. The lowest BCUT2D eigenvalue weighted by atomic mass is 10.0. The molecule has 1 fully saturated rings. The average Bonchev–Trinajstić information content (AvgIpc) is 3.22. The summed E-state index contributed by atoms with van der Waals surface area (Å²) < 4.78 is 7.12. The summed E-state index contributed by atoms with van der Waals surface area (Å²) in [4.78, 5) is 3.95. The predicted octanol–water partition coefficient (Wildman–Crippen LogP) is 0.814. The fourth-order valence-electron chi connectivity index (χ4n) is 3.95. The van der Waals surface area contributed by atoms with Gasteiger partial charge in [0, 0.05) is 18.4 Å². The van der Waals surface area contributed by atoms with Gasteiger partial charge in [-0.05, 0) is 22.6 Å². The lowest BCUT2D eigenvalue weighted by molar-refractivity contribution is -0.927. The standard InChI is InChI=1S/C21H26N6O/c1-28-17-16-27-21(22-23-24-27)20(18-8-4-2-5-9-18)26-14-12-25(13-15-26)19-10-6-3-7-11-19/h2-11,20H,12-17H2,1H3/p+1/t20-/m0/s1. The molecule has 7 heteroatoms. The van der Waals surface area contributed by atoms with Crippen molar-refractivity contribution in [1.29, 1.82) is 0 Å². The number of ether oxygens (including phenoxy) is 1. The average molecular weight is 379 g/mol. The van der Waals surface area contributed by atoms with Crippen LogP contribution in [0.5, 0.6) is 0 Å². The van der Waals surface area contributed by atoms with Crippen LogP contribution in [0.4, 0.5) is 5.69 Å². The molecule has 1 atom stereocenters. The summed E-state index contributed by atoms with van der Waals surface area (Å²) >= 11 is 0. The molecule has 0 spiro atoms. The lowest BCUT2D eigenvalue weighted by Crippen LogP contribution is -3.15. The van der Waals surface area contributed by atoms with E-state index in [1.54, 1.807) is 7.11 Å². The van der Waals surface area contributed by atoms with Gasteiger partial charge in [-0.25, -0.2) is 4.68 Å². The summed E-state index contributed by atoms with van der Waals surface area (Å²) in [6.45, 7) is 5.35. The molecular formula is C21H27N6O+. The molecule has 1 saturated heterocycles. The van der Waals surface area contributed by atoms with E-state index < -0.39 is 0 Å². The summed E-state index contributed by atoms with van der Waals surface area (Å²) in [7, 11) is 1.70. The Labute approximate surface area is 165 Å². The van der Waals surface area contributed by atoms with Crippen LogP contribution in [0.1, 0.15) is 17.4 Å². The van der Waals surface area contributed by atoms with E-state index in [-0.39, 0.29) is 6.04 Å². The zero-order chi connectivity index (χ0) is 19.2. The van der Waals surface area contributed by atoms with Crippen LogP contribution in [0.25, 0.3) is 0 Å². The molecule has 0 saturated carbocycles. The molecule has 2 heterocycles. The lowest BCUT2D eigenvalue weighted by Gasteiger charge is -2.37. The Morgan fingerprint density at radius 1 is 1.00 bits per heavy atom. The summed E-state index contributed by atoms with van der Waals surface area (Å²) in [5.74, 6) is 0.909. The van der Waals surface area contributed by atoms with Crippen LogP contribution in [-0.4, -0.2) is 60.1 Å². The van der Waals surface area contributed by atoms with Crippen LogP contribution in [0.2, 0.25) is 0 Å². The molecule has 3 aromatic rings. The van der Waals surface area contributed by atoms with Gasteiger partial charge in [-0.15, -0.1) is 5.10 Å². The Morgan fingerprint density at radius 2 is 1.68 bits per heavy atom. The highest BCUT2D eigenvalue weighted by Crippen LogP contribution is 2.18. The molecular weight excluding hydrogens is 352 g/mol. The summed E-state index contributed by atoms with van der Waals surface area (Å²) in [6.07, 6.45) is 0. The molecule has 7 nitrogen and oxygen atoms in total. The first-order chi connectivity index (χ1) is 13.9. The maximum absolute atomic E-state index is 5.23. The van der Waals surface area contributed by atoms with Crippen LogP contribution in [0.15, 0.2) is 60.7 Å². The minimum Gasteiger partial charge on any atom is -0.383 e. The van der Waals surface area contributed by atoms with Gasteiger partial charge < -0.3 is 14.5 Å². The number of benzene rings is 2. The highest BCUT2D eigenvalue weighted by atomic mass is 16.5. The molecule has 1 aromatic heterocycles. The molecule has 1 aliphatic rings. The second kappa shape index (κ2) is 8.95. The van der Waals surface area contributed by atoms with Gasteiger partial charge in [0.1, 0.15) is 0 Å². The van der Waals surface area contributed by atoms with Crippen molar-refractivity contribution in [3.8, 4) is 0 Å². The molecule has 0 radical (unpaired) electrons. The van der Waals surface area contributed by atoms with Crippen molar-refractivity contribution in [2.24, 2.45) is 0 Å². The molecule has 0 amide bonds. The van der Waals surface area contributed by atoms with Crippen LogP contribution >= 0.6 is 0 Å². The third-order valence-corrected chi connectivity index (χ3v) is 5.39.